The van der Waals surface area contributed by atoms with Crippen LogP contribution in [0.25, 0.3) is 0 Å². The number of nitrogens with two attached hydrogens (primary N) is 5. The molecule has 43 heteroatoms. The lowest BCUT2D eigenvalue weighted by atomic mass is 9.95. The van der Waals surface area contributed by atoms with E-state index in [-0.39, 0.29) is 157 Å². The second-order valence-corrected chi connectivity index (χ2v) is 38.3. The van der Waals surface area contributed by atoms with Gasteiger partial charge in [-0.1, -0.05) is 131 Å². The van der Waals surface area contributed by atoms with Crippen LogP contribution in [-0.4, -0.2) is 270 Å². The molecular weight excluding hydrogens is 1730 g/mol. The summed E-state index contributed by atoms with van der Waals surface area (Å²) < 4.78 is 5.95. The number of unbranched alkanes of at least 4 members (excludes halogenated alkanes) is 3. The maximum Gasteiger partial charge on any atom is 0.328 e. The first kappa shape index (κ1) is 121. The third-order valence-corrected chi connectivity index (χ3v) is 22.1. The molecule has 0 bridgehead atoms. The summed E-state index contributed by atoms with van der Waals surface area (Å²) in [6.07, 6.45) is -1.02. The van der Waals surface area contributed by atoms with Gasteiger partial charge in [0, 0.05) is 6.54 Å². The maximum absolute atomic E-state index is 15.0. The van der Waals surface area contributed by atoms with Crippen LogP contribution >= 0.6 is 0 Å². The van der Waals surface area contributed by atoms with Gasteiger partial charge in [-0.3, -0.25) is 81.7 Å². The number of ether oxygens (including phenoxy) is 1. The van der Waals surface area contributed by atoms with E-state index in [2.05, 4.69) is 90.1 Å². The van der Waals surface area contributed by atoms with E-state index in [1.54, 1.807) is 125 Å². The Bertz CT molecular complexity index is 3730. The number of hydrogen-bond acceptors (Lipinski definition) is 25. The number of amides is 16. The van der Waals surface area contributed by atoms with Crippen molar-refractivity contribution in [2.75, 3.05) is 39.4 Å². The summed E-state index contributed by atoms with van der Waals surface area (Å²) in [7, 11) is 0. The molecule has 0 aliphatic carbocycles. The Morgan fingerprint density at radius 3 is 1.13 bits per heavy atom. The summed E-state index contributed by atoms with van der Waals surface area (Å²) in [5.74, 6) is -18.5. The average molecular weight is 1890 g/mol. The van der Waals surface area contributed by atoms with Crippen LogP contribution in [0.1, 0.15) is 260 Å². The van der Waals surface area contributed by atoms with Crippen molar-refractivity contribution in [1.82, 2.24) is 85.1 Å². The highest BCUT2D eigenvalue weighted by Crippen LogP contribution is 2.20. The van der Waals surface area contributed by atoms with Gasteiger partial charge >= 0.3 is 5.97 Å². The molecular formula is C90H166N22O21. The summed E-state index contributed by atoms with van der Waals surface area (Å²) in [4.78, 5) is 249. The molecule has 0 aromatic rings. The van der Waals surface area contributed by atoms with E-state index in [0.717, 1.165) is 0 Å². The lowest BCUT2D eigenvalue weighted by molar-refractivity contribution is -0.156. The molecule has 0 radical (unpaired) electrons. The zero-order valence-corrected chi connectivity index (χ0v) is 82.3. The van der Waals surface area contributed by atoms with Gasteiger partial charge in [-0.25, -0.2) is 4.79 Å². The van der Waals surface area contributed by atoms with E-state index < -0.39 is 234 Å². The molecule has 29 N–H and O–H groups in total. The first-order valence-electron chi connectivity index (χ1n) is 47.4. The van der Waals surface area contributed by atoms with Gasteiger partial charge < -0.3 is 134 Å². The van der Waals surface area contributed by atoms with Crippen molar-refractivity contribution in [2.24, 2.45) is 86.9 Å². The fourth-order valence-electron chi connectivity index (χ4n) is 14.6. The first-order valence-corrected chi connectivity index (χ1v) is 47.4. The highest BCUT2D eigenvalue weighted by Gasteiger charge is 2.43. The summed E-state index contributed by atoms with van der Waals surface area (Å²) in [5, 5.41) is 72.4. The van der Waals surface area contributed by atoms with Gasteiger partial charge in [0.05, 0.1) is 13.2 Å². The fraction of sp³-hybridized carbons (Fsp3) is 0.800. The predicted molar refractivity (Wildman–Crippen MR) is 501 cm³/mol. The Labute approximate surface area is 785 Å². The molecule has 19 atom stereocenters. The molecule has 1 aliphatic rings. The first-order chi connectivity index (χ1) is 62.3. The van der Waals surface area contributed by atoms with Crippen LogP contribution in [0.15, 0.2) is 4.99 Å². The highest BCUT2D eigenvalue weighted by molar-refractivity contribution is 6.01. The van der Waals surface area contributed by atoms with Gasteiger partial charge in [0.2, 0.25) is 88.6 Å². The van der Waals surface area contributed by atoms with E-state index >= 15 is 4.79 Å². The second-order valence-electron chi connectivity index (χ2n) is 38.3. The molecule has 13 unspecified atom stereocenters. The van der Waals surface area contributed by atoms with Crippen LogP contribution in [0.2, 0.25) is 0 Å². The van der Waals surface area contributed by atoms with Crippen LogP contribution in [0.3, 0.4) is 0 Å². The summed E-state index contributed by atoms with van der Waals surface area (Å²) >= 11 is 0. The number of nitrogens with zero attached hydrogens (tertiary/aromatic N) is 1. The molecule has 0 aromatic carbocycles. The number of aliphatic hydroxyl groups excluding tert-OH is 3. The highest BCUT2D eigenvalue weighted by atomic mass is 16.5. The topological polar surface area (TPSA) is 695 Å². The molecule has 0 spiro atoms. The largest absolute Gasteiger partial charge is 0.458 e. The Kier molecular flexibility index (Phi) is 57.6. The number of aliphatic hydroxyl groups is 3. The van der Waals surface area contributed by atoms with Gasteiger partial charge in [0.15, 0.2) is 12.1 Å². The van der Waals surface area contributed by atoms with Crippen LogP contribution in [0, 0.1) is 53.3 Å². The smallest absolute Gasteiger partial charge is 0.328 e. The predicted octanol–water partition coefficient (Wildman–Crippen LogP) is -2.48. The van der Waals surface area contributed by atoms with Crippen molar-refractivity contribution in [3.05, 3.63) is 0 Å². The zero-order valence-electron chi connectivity index (χ0n) is 82.3. The number of nitrogens with one attached hydrogen (secondary N) is 16. The van der Waals surface area contributed by atoms with Gasteiger partial charge in [0.1, 0.15) is 103 Å². The minimum Gasteiger partial charge on any atom is -0.458 e. The molecule has 1 fully saturated rings. The quantitative estimate of drug-likeness (QED) is 0.0130. The maximum atomic E-state index is 15.0. The summed E-state index contributed by atoms with van der Waals surface area (Å²) in [5.41, 5.74) is 28.8. The summed E-state index contributed by atoms with van der Waals surface area (Å²) in [6, 6.07) is -22.6. The Morgan fingerprint density at radius 2 is 0.722 bits per heavy atom. The SMILES string of the molecule is CCC(C)[C@H](NC(=O)C(CC(C)C)NC(=O)C(CC(C)C)NC(=O)[C@@H](C)NC(=O)C(CC(C)C)NC(=O)C(O)CO)C(=O)N[C@H](CCCN=C(N)N)C(=O)NC(CC(C)C)C(=O)NC(CC(C)C)C(=O)N[C@@H](C(=O)NC(CCCCN)C(=O)NC(CC(C)C)C(=O)N[C@@H]1C(=O)NC(CC(C)C)C(=O)N[C@H](CO)C(=O)NC(CCCCN)C(=O)NC(CCCCN)C(=O)OC1C)C(C)C. The molecule has 133 heavy (non-hydrogen) atoms. The van der Waals surface area contributed by atoms with E-state index in [0.29, 0.717) is 38.5 Å². The van der Waals surface area contributed by atoms with Crippen LogP contribution in [-0.2, 0) is 86.2 Å². The van der Waals surface area contributed by atoms with E-state index in [4.69, 9.17) is 33.4 Å². The average Bonchev–Trinajstić information content (AvgIpc) is 0.839. The van der Waals surface area contributed by atoms with Crippen LogP contribution < -0.4 is 114 Å². The van der Waals surface area contributed by atoms with E-state index in [1.807, 2.05) is 0 Å². The number of carbonyl (C=O) groups is 17. The lowest BCUT2D eigenvalue weighted by Crippen LogP contribution is -2.63. The minimum absolute atomic E-state index is 0.0135. The Balaban J connectivity index is 3.91. The van der Waals surface area contributed by atoms with Gasteiger partial charge in [-0.2, -0.15) is 0 Å². The van der Waals surface area contributed by atoms with E-state index in [1.165, 1.54) is 13.8 Å². The fourth-order valence-corrected chi connectivity index (χ4v) is 14.6. The van der Waals surface area contributed by atoms with Crippen molar-refractivity contribution in [3.8, 4) is 0 Å². The van der Waals surface area contributed by atoms with Crippen molar-refractivity contribution >= 4 is 106 Å². The number of hydrogen-bond donors (Lipinski definition) is 24. The van der Waals surface area contributed by atoms with Gasteiger partial charge in [0.25, 0.3) is 5.91 Å². The van der Waals surface area contributed by atoms with Crippen molar-refractivity contribution in [1.29, 1.82) is 0 Å². The number of guanidine groups is 1. The van der Waals surface area contributed by atoms with Gasteiger partial charge in [-0.05, 0) is 202 Å². The molecule has 0 aromatic heterocycles. The molecule has 1 heterocycles. The van der Waals surface area contributed by atoms with Crippen LogP contribution in [0.4, 0.5) is 0 Å². The summed E-state index contributed by atoms with van der Waals surface area (Å²) in [6.45, 7) is 33.0. The number of cyclic esters (lactones) is 1. The van der Waals surface area contributed by atoms with Gasteiger partial charge in [-0.15, -0.1) is 0 Å². The van der Waals surface area contributed by atoms with Crippen molar-refractivity contribution < 1.29 is 102 Å². The Hall–Kier alpha value is -9.98. The number of carbonyl (C=O) groups excluding carboxylic acids is 17. The van der Waals surface area contributed by atoms with Crippen LogP contribution in [0.5, 0.6) is 0 Å². The molecule has 16 amide bonds. The lowest BCUT2D eigenvalue weighted by Gasteiger charge is -2.32. The standard InChI is InChI=1S/C90H166N22O21/c1-21-54(18)71(111-82(125)66(42-51(12)13)106-78(121)62(38-47(4)5)102-73(116)55(19)97-77(120)61(37-46(2)3)107-85(128)69(115)45-114)87(130)100-59(32-28-36-96-90(94)95)76(119)103-63(39-48(6)7)79(122)105-65(41-50(10)11)81(124)110-70(53(16)17)86(129)99-58(30-23-26-34-92)75(118)104-67(43-52(14)15)83(126)112-72-56(20)133-89(132)60(31-24-27-35-93)101-74(117)57(29-22-25-33-91)98-84(127)68(44-113)109-80(123)64(40-49(8)9)108-88(72)131/h46-72,113-115H,21-45,91-93H2,1-20H3,(H,97,120)(H,98,127)(H,99,129)(H,100,130)(H,101,117)(H,102,116)(H,103,119)(H,104,118)(H,105,122)(H,106,121)(H,107,128)(H,108,131)(H,109,123)(H,110,124)(H,111,125)(H,112,126)(H4,94,95,96)/t54?,55-,56?,57?,58?,59-,60?,61?,62?,63?,64?,65?,66?,67?,68-,69?,70-,71+,72+/m1/s1. The molecule has 1 saturated heterocycles. The van der Waals surface area contributed by atoms with Crippen molar-refractivity contribution in [3.63, 3.8) is 0 Å². The Morgan fingerprint density at radius 1 is 0.383 bits per heavy atom. The van der Waals surface area contributed by atoms with Crippen molar-refractivity contribution in [2.45, 2.75) is 369 Å². The third-order valence-electron chi connectivity index (χ3n) is 22.1. The second kappa shape index (κ2) is 63.3. The molecule has 762 valence electrons. The number of esters is 1. The molecule has 43 nitrogen and oxygen atoms in total. The minimum atomic E-state index is -1.84. The number of rotatable bonds is 59. The molecule has 1 aliphatic heterocycles. The zero-order chi connectivity index (χ0) is 101. The normalized spacial score (nSPS) is 19.4. The molecule has 1 rings (SSSR count). The molecule has 0 saturated carbocycles. The van der Waals surface area contributed by atoms with E-state index in [9.17, 15) is 92.0 Å². The number of aliphatic imine (C=N–C) groups is 1. The monoisotopic (exact) mass is 1890 g/mol. The third kappa shape index (κ3) is 46.7.